The average molecular weight is 321 g/mol. The molecular weight excluding hydrogens is 276 g/mol. The molecule has 1 unspecified atom stereocenters. The highest BCUT2D eigenvalue weighted by atomic mass is 14.2. The number of rotatable bonds is 16. The third kappa shape index (κ3) is 12.8. The smallest absolute Gasteiger partial charge is 0.0262 e. The van der Waals surface area contributed by atoms with E-state index in [1.165, 1.54) is 109 Å². The molecule has 1 saturated carbocycles. The Hall–Kier alpha value is -0.260. The molecule has 1 rings (SSSR count). The van der Waals surface area contributed by atoms with Gasteiger partial charge in [-0.15, -0.1) is 0 Å². The summed E-state index contributed by atoms with van der Waals surface area (Å²) in [6.45, 7) is 4.68. The minimum absolute atomic E-state index is 0.796. The fraction of sp³-hybridized carbons (Fsp3) is 0.913. The van der Waals surface area contributed by atoms with Gasteiger partial charge >= 0.3 is 0 Å². The van der Waals surface area contributed by atoms with E-state index < -0.39 is 0 Å². The maximum atomic E-state index is 2.47. The molecule has 0 bridgehead atoms. The van der Waals surface area contributed by atoms with Gasteiger partial charge in [-0.25, -0.2) is 0 Å². The van der Waals surface area contributed by atoms with Gasteiger partial charge in [0.05, 0.1) is 0 Å². The van der Waals surface area contributed by atoms with Crippen LogP contribution in [-0.2, 0) is 0 Å². The first-order chi connectivity index (χ1) is 11.3. The van der Waals surface area contributed by atoms with Crippen molar-refractivity contribution < 1.29 is 0 Å². The highest BCUT2D eigenvalue weighted by Gasteiger charge is 2.15. The molecule has 0 aromatic heterocycles. The third-order valence-corrected chi connectivity index (χ3v) is 5.69. The molecule has 0 amide bonds. The van der Waals surface area contributed by atoms with Crippen molar-refractivity contribution in [2.75, 3.05) is 0 Å². The Morgan fingerprint density at radius 1 is 0.826 bits per heavy atom. The Morgan fingerprint density at radius 2 is 1.48 bits per heavy atom. The first-order valence-corrected chi connectivity index (χ1v) is 11.0. The highest BCUT2D eigenvalue weighted by molar-refractivity contribution is 4.86. The fourth-order valence-corrected chi connectivity index (χ4v) is 3.68. The van der Waals surface area contributed by atoms with Crippen LogP contribution in [-0.4, -0.2) is 0 Å². The highest BCUT2D eigenvalue weighted by Crippen LogP contribution is 2.31. The monoisotopic (exact) mass is 320 g/mol. The van der Waals surface area contributed by atoms with Crippen molar-refractivity contribution in [2.24, 2.45) is 11.8 Å². The molecule has 23 heavy (non-hydrogen) atoms. The van der Waals surface area contributed by atoms with E-state index >= 15 is 0 Å². The van der Waals surface area contributed by atoms with Gasteiger partial charge in [0.1, 0.15) is 0 Å². The van der Waals surface area contributed by atoms with E-state index in [1.54, 1.807) is 0 Å². The van der Waals surface area contributed by atoms with Crippen LogP contribution in [0.25, 0.3) is 0 Å². The normalized spacial score (nSPS) is 16.8. The summed E-state index contributed by atoms with van der Waals surface area (Å²) < 4.78 is 0. The molecule has 0 aromatic carbocycles. The molecule has 136 valence electrons. The Labute approximate surface area is 147 Å². The quantitative estimate of drug-likeness (QED) is 0.197. The van der Waals surface area contributed by atoms with E-state index in [0.29, 0.717) is 0 Å². The predicted molar refractivity (Wildman–Crippen MR) is 106 cm³/mol. The minimum Gasteiger partial charge on any atom is -0.0883 e. The fourth-order valence-electron chi connectivity index (χ4n) is 3.68. The maximum Gasteiger partial charge on any atom is -0.0262 e. The zero-order valence-corrected chi connectivity index (χ0v) is 16.3. The molecule has 0 spiro atoms. The van der Waals surface area contributed by atoms with E-state index in [2.05, 4.69) is 26.0 Å². The van der Waals surface area contributed by atoms with Gasteiger partial charge in [-0.1, -0.05) is 116 Å². The van der Waals surface area contributed by atoms with Crippen molar-refractivity contribution in [2.45, 2.75) is 123 Å². The summed E-state index contributed by atoms with van der Waals surface area (Å²) in [5, 5.41) is 0. The number of hydrogen-bond acceptors (Lipinski definition) is 0. The molecule has 1 aliphatic rings. The van der Waals surface area contributed by atoms with Crippen LogP contribution >= 0.6 is 0 Å². The Morgan fingerprint density at radius 3 is 2.17 bits per heavy atom. The molecule has 0 aromatic rings. The second-order valence-electron chi connectivity index (χ2n) is 8.10. The summed E-state index contributed by atoms with van der Waals surface area (Å²) in [5.41, 5.74) is 0. The van der Waals surface area contributed by atoms with Crippen molar-refractivity contribution in [3.63, 3.8) is 0 Å². The molecule has 0 aliphatic heterocycles. The van der Waals surface area contributed by atoms with Gasteiger partial charge in [0.15, 0.2) is 0 Å². The molecule has 0 radical (unpaired) electrons. The summed E-state index contributed by atoms with van der Waals surface area (Å²) in [7, 11) is 0. The second kappa shape index (κ2) is 15.3. The molecule has 1 aliphatic carbocycles. The van der Waals surface area contributed by atoms with Gasteiger partial charge in [0.25, 0.3) is 0 Å². The lowest BCUT2D eigenvalue weighted by Crippen LogP contribution is -2.10. The molecule has 0 heteroatoms. The van der Waals surface area contributed by atoms with Gasteiger partial charge in [-0.05, 0) is 31.1 Å². The standard InChI is InChI=1S/C23H44/c1-3-4-5-6-7-10-13-17-22(2)18-14-11-8-9-12-15-19-23-20-16-21-23/h13,17,22-23H,3-12,14-16,18-21H2,1-2H3. The van der Waals surface area contributed by atoms with Crippen molar-refractivity contribution in [1.29, 1.82) is 0 Å². The molecule has 0 N–H and O–H groups in total. The first-order valence-electron chi connectivity index (χ1n) is 11.0. The zero-order valence-electron chi connectivity index (χ0n) is 16.3. The number of allylic oxidation sites excluding steroid dienone is 2. The van der Waals surface area contributed by atoms with E-state index in [4.69, 9.17) is 0 Å². The summed E-state index contributed by atoms with van der Waals surface area (Å²) in [6.07, 6.45) is 29.6. The summed E-state index contributed by atoms with van der Waals surface area (Å²) in [6, 6.07) is 0. The topological polar surface area (TPSA) is 0 Å². The Bertz CT molecular complexity index is 261. The van der Waals surface area contributed by atoms with Crippen LogP contribution in [0.2, 0.25) is 0 Å². The second-order valence-corrected chi connectivity index (χ2v) is 8.10. The zero-order chi connectivity index (χ0) is 16.6. The molecular formula is C23H44. The van der Waals surface area contributed by atoms with E-state index in [0.717, 1.165) is 11.8 Å². The largest absolute Gasteiger partial charge is 0.0883 e. The first kappa shape index (κ1) is 20.8. The van der Waals surface area contributed by atoms with Gasteiger partial charge in [0, 0.05) is 0 Å². The molecule has 0 heterocycles. The van der Waals surface area contributed by atoms with Gasteiger partial charge in [0.2, 0.25) is 0 Å². The lowest BCUT2D eigenvalue weighted by molar-refractivity contribution is 0.286. The minimum atomic E-state index is 0.796. The van der Waals surface area contributed by atoms with E-state index in [1.807, 2.05) is 0 Å². The maximum absolute atomic E-state index is 2.47. The van der Waals surface area contributed by atoms with Crippen LogP contribution in [0.4, 0.5) is 0 Å². The van der Waals surface area contributed by atoms with E-state index in [-0.39, 0.29) is 0 Å². The number of unbranched alkanes of at least 4 members (excludes halogenated alkanes) is 10. The average Bonchev–Trinajstić information content (AvgIpc) is 2.50. The van der Waals surface area contributed by atoms with Crippen molar-refractivity contribution in [1.82, 2.24) is 0 Å². The summed E-state index contributed by atoms with van der Waals surface area (Å²) in [5.74, 6) is 1.92. The Balaban J connectivity index is 1.77. The van der Waals surface area contributed by atoms with Crippen LogP contribution in [0.15, 0.2) is 12.2 Å². The number of hydrogen-bond donors (Lipinski definition) is 0. The van der Waals surface area contributed by atoms with Crippen LogP contribution in [0.1, 0.15) is 123 Å². The van der Waals surface area contributed by atoms with Gasteiger partial charge in [-0.3, -0.25) is 0 Å². The van der Waals surface area contributed by atoms with Crippen LogP contribution in [0.5, 0.6) is 0 Å². The van der Waals surface area contributed by atoms with Crippen LogP contribution < -0.4 is 0 Å². The molecule has 0 saturated heterocycles. The van der Waals surface area contributed by atoms with Crippen LogP contribution in [0, 0.1) is 11.8 Å². The lowest BCUT2D eigenvalue weighted by atomic mass is 9.81. The van der Waals surface area contributed by atoms with Gasteiger partial charge in [-0.2, -0.15) is 0 Å². The van der Waals surface area contributed by atoms with Crippen molar-refractivity contribution in [3.8, 4) is 0 Å². The summed E-state index contributed by atoms with van der Waals surface area (Å²) >= 11 is 0. The summed E-state index contributed by atoms with van der Waals surface area (Å²) in [4.78, 5) is 0. The van der Waals surface area contributed by atoms with Crippen molar-refractivity contribution in [3.05, 3.63) is 12.2 Å². The SMILES string of the molecule is CCCCCCCC=CC(C)CCCCCCCCC1CCC1. The lowest BCUT2D eigenvalue weighted by Gasteiger charge is -2.24. The van der Waals surface area contributed by atoms with E-state index in [9.17, 15) is 0 Å². The third-order valence-electron chi connectivity index (χ3n) is 5.69. The Kier molecular flexibility index (Phi) is 13.8. The molecule has 1 fully saturated rings. The van der Waals surface area contributed by atoms with Crippen molar-refractivity contribution >= 4 is 0 Å². The van der Waals surface area contributed by atoms with Gasteiger partial charge < -0.3 is 0 Å². The molecule has 0 nitrogen and oxygen atoms in total. The van der Waals surface area contributed by atoms with Crippen LogP contribution in [0.3, 0.4) is 0 Å². The predicted octanol–water partition coefficient (Wildman–Crippen LogP) is 8.46. The molecule has 1 atom stereocenters.